The van der Waals surface area contributed by atoms with Crippen LogP contribution in [0.4, 0.5) is 0 Å². The number of hydrogen-bond donors (Lipinski definition) is 1. The lowest BCUT2D eigenvalue weighted by Crippen LogP contribution is -2.45. The summed E-state index contributed by atoms with van der Waals surface area (Å²) >= 11 is 0. The van der Waals surface area contributed by atoms with E-state index in [2.05, 4.69) is 72.5 Å². The van der Waals surface area contributed by atoms with Crippen LogP contribution in [0, 0.1) is 17.8 Å². The van der Waals surface area contributed by atoms with E-state index in [1.807, 2.05) is 0 Å². The summed E-state index contributed by atoms with van der Waals surface area (Å²) in [6, 6.07) is 21.3. The van der Waals surface area contributed by atoms with E-state index in [-0.39, 0.29) is 5.92 Å². The second-order valence-corrected chi connectivity index (χ2v) is 7.84. The van der Waals surface area contributed by atoms with Crippen LogP contribution in [0.3, 0.4) is 0 Å². The number of hydrogen-bond acceptors (Lipinski definition) is 2. The van der Waals surface area contributed by atoms with Crippen LogP contribution < -0.4 is 0 Å². The highest BCUT2D eigenvalue weighted by atomic mass is 16.4. The second kappa shape index (κ2) is 9.00. The van der Waals surface area contributed by atoms with Crippen molar-refractivity contribution in [3.05, 3.63) is 71.8 Å². The van der Waals surface area contributed by atoms with E-state index in [1.54, 1.807) is 0 Å². The zero-order valence-electron chi connectivity index (χ0n) is 15.6. The first-order valence-corrected chi connectivity index (χ1v) is 9.63. The summed E-state index contributed by atoms with van der Waals surface area (Å²) in [6.45, 7) is 4.81. The molecule has 3 rings (SSSR count). The van der Waals surface area contributed by atoms with Gasteiger partial charge in [0.05, 0.1) is 5.92 Å². The second-order valence-electron chi connectivity index (χ2n) is 7.84. The summed E-state index contributed by atoms with van der Waals surface area (Å²) in [6.07, 6.45) is 2.85. The monoisotopic (exact) mass is 351 g/mol. The van der Waals surface area contributed by atoms with Crippen molar-refractivity contribution in [2.75, 3.05) is 19.6 Å². The molecule has 1 fully saturated rings. The maximum absolute atomic E-state index is 11.5. The van der Waals surface area contributed by atoms with Crippen LogP contribution in [0.25, 0.3) is 0 Å². The van der Waals surface area contributed by atoms with Gasteiger partial charge < -0.3 is 10.0 Å². The Labute approximate surface area is 156 Å². The number of rotatable bonds is 7. The summed E-state index contributed by atoms with van der Waals surface area (Å²) in [5, 5.41) is 9.45. The van der Waals surface area contributed by atoms with Crippen LogP contribution in [0.1, 0.15) is 24.5 Å². The Balaban J connectivity index is 1.71. The molecule has 3 nitrogen and oxygen atoms in total. The van der Waals surface area contributed by atoms with Gasteiger partial charge in [-0.2, -0.15) is 0 Å². The van der Waals surface area contributed by atoms with Gasteiger partial charge in [0.15, 0.2) is 0 Å². The van der Waals surface area contributed by atoms with Crippen LogP contribution in [0.5, 0.6) is 0 Å². The Kier molecular flexibility index (Phi) is 6.45. The third-order valence-corrected chi connectivity index (χ3v) is 5.34. The third kappa shape index (κ3) is 5.43. The normalized spacial score (nSPS) is 21.0. The van der Waals surface area contributed by atoms with Gasteiger partial charge in [0.25, 0.3) is 0 Å². The predicted octanol–water partition coefficient (Wildman–Crippen LogP) is 4.13. The third-order valence-electron chi connectivity index (χ3n) is 5.34. The highest BCUT2D eigenvalue weighted by Crippen LogP contribution is 2.24. The molecule has 138 valence electrons. The molecule has 2 unspecified atom stereocenters. The van der Waals surface area contributed by atoms with Gasteiger partial charge in [-0.05, 0) is 42.2 Å². The Morgan fingerprint density at radius 3 is 2.04 bits per heavy atom. The molecular formula is C23H29NO2. The molecule has 1 saturated heterocycles. The molecule has 1 N–H and O–H groups in total. The molecule has 0 radical (unpaired) electrons. The van der Waals surface area contributed by atoms with E-state index in [4.69, 9.17) is 0 Å². The number of likely N-dealkylation sites (tertiary alicyclic amines) is 1. The average Bonchev–Trinajstić information content (AvgIpc) is 2.63. The summed E-state index contributed by atoms with van der Waals surface area (Å²) in [7, 11) is 0. The van der Waals surface area contributed by atoms with E-state index in [1.165, 1.54) is 11.1 Å². The fraction of sp³-hybridized carbons (Fsp3) is 0.435. The highest BCUT2D eigenvalue weighted by molar-refractivity contribution is 5.70. The number of aliphatic carboxylic acids is 1. The average molecular weight is 351 g/mol. The molecule has 2 atom stereocenters. The molecule has 1 aliphatic rings. The number of carboxylic acids is 1. The smallest absolute Gasteiger partial charge is 0.307 e. The summed E-state index contributed by atoms with van der Waals surface area (Å²) in [5.74, 6) is 0.0514. The van der Waals surface area contributed by atoms with Crippen molar-refractivity contribution in [3.8, 4) is 0 Å². The number of carbonyl (C=O) groups is 1. The Bertz CT molecular complexity index is 644. The Morgan fingerprint density at radius 1 is 1.00 bits per heavy atom. The van der Waals surface area contributed by atoms with Crippen LogP contribution in [-0.4, -0.2) is 35.6 Å². The first-order chi connectivity index (χ1) is 12.6. The van der Waals surface area contributed by atoms with Gasteiger partial charge in [-0.25, -0.2) is 0 Å². The number of piperidine rings is 1. The fourth-order valence-corrected chi connectivity index (χ4v) is 4.25. The van der Waals surface area contributed by atoms with Crippen LogP contribution >= 0.6 is 0 Å². The van der Waals surface area contributed by atoms with Gasteiger partial charge in [0, 0.05) is 19.6 Å². The topological polar surface area (TPSA) is 40.5 Å². The van der Waals surface area contributed by atoms with E-state index >= 15 is 0 Å². The molecule has 1 aliphatic heterocycles. The van der Waals surface area contributed by atoms with Crippen molar-refractivity contribution in [2.24, 2.45) is 17.8 Å². The molecule has 0 saturated carbocycles. The van der Waals surface area contributed by atoms with E-state index in [9.17, 15) is 9.90 Å². The van der Waals surface area contributed by atoms with Crippen LogP contribution in [-0.2, 0) is 17.6 Å². The van der Waals surface area contributed by atoms with Gasteiger partial charge in [-0.15, -0.1) is 0 Å². The molecule has 0 aliphatic carbocycles. The lowest BCUT2D eigenvalue weighted by atomic mass is 9.87. The van der Waals surface area contributed by atoms with Gasteiger partial charge in [-0.3, -0.25) is 4.79 Å². The first-order valence-electron chi connectivity index (χ1n) is 9.63. The van der Waals surface area contributed by atoms with Crippen molar-refractivity contribution >= 4 is 5.97 Å². The predicted molar refractivity (Wildman–Crippen MR) is 105 cm³/mol. The zero-order valence-corrected chi connectivity index (χ0v) is 15.6. The molecule has 3 heteroatoms. The molecule has 0 aromatic heterocycles. The number of carboxylic acid groups (broad SMARTS) is 1. The zero-order chi connectivity index (χ0) is 18.4. The Morgan fingerprint density at radius 2 is 1.54 bits per heavy atom. The molecular weight excluding hydrogens is 322 g/mol. The van der Waals surface area contributed by atoms with Gasteiger partial charge in [-0.1, -0.05) is 67.6 Å². The minimum absolute atomic E-state index is 0.229. The van der Waals surface area contributed by atoms with Gasteiger partial charge in [0.1, 0.15) is 0 Å². The van der Waals surface area contributed by atoms with Gasteiger partial charge >= 0.3 is 5.97 Å². The van der Waals surface area contributed by atoms with E-state index in [0.717, 1.165) is 32.4 Å². The standard InChI is InChI=1S/C23H29NO2/c1-18-12-22(23(25)26)17-24(15-18)16-21(13-19-8-4-2-5-9-19)14-20-10-6-3-7-11-20/h2-11,18,21-22H,12-17H2,1H3,(H,25,26). The summed E-state index contributed by atoms with van der Waals surface area (Å²) < 4.78 is 0. The van der Waals surface area contributed by atoms with E-state index < -0.39 is 5.97 Å². The maximum atomic E-state index is 11.5. The highest BCUT2D eigenvalue weighted by Gasteiger charge is 2.30. The number of benzene rings is 2. The SMILES string of the molecule is CC1CC(C(=O)O)CN(CC(Cc2ccccc2)Cc2ccccc2)C1. The summed E-state index contributed by atoms with van der Waals surface area (Å²) in [5.41, 5.74) is 2.71. The minimum atomic E-state index is -0.649. The van der Waals surface area contributed by atoms with Crippen molar-refractivity contribution in [1.29, 1.82) is 0 Å². The largest absolute Gasteiger partial charge is 0.481 e. The van der Waals surface area contributed by atoms with Crippen LogP contribution in [0.15, 0.2) is 60.7 Å². The quantitative estimate of drug-likeness (QED) is 0.815. The first kappa shape index (κ1) is 18.7. The molecule has 1 heterocycles. The summed E-state index contributed by atoms with van der Waals surface area (Å²) in [4.78, 5) is 13.9. The number of nitrogens with zero attached hydrogens (tertiary/aromatic N) is 1. The molecule has 0 bridgehead atoms. The molecule has 26 heavy (non-hydrogen) atoms. The van der Waals surface area contributed by atoms with Gasteiger partial charge in [0.2, 0.25) is 0 Å². The fourth-order valence-electron chi connectivity index (χ4n) is 4.25. The molecule has 0 amide bonds. The molecule has 0 spiro atoms. The van der Waals surface area contributed by atoms with E-state index in [0.29, 0.717) is 18.4 Å². The van der Waals surface area contributed by atoms with Crippen LogP contribution in [0.2, 0.25) is 0 Å². The molecule has 2 aromatic rings. The lowest BCUT2D eigenvalue weighted by Gasteiger charge is -2.36. The lowest BCUT2D eigenvalue weighted by molar-refractivity contribution is -0.144. The van der Waals surface area contributed by atoms with Crippen molar-refractivity contribution in [2.45, 2.75) is 26.2 Å². The Hall–Kier alpha value is -2.13. The maximum Gasteiger partial charge on any atom is 0.307 e. The van der Waals surface area contributed by atoms with Crippen molar-refractivity contribution in [3.63, 3.8) is 0 Å². The van der Waals surface area contributed by atoms with Crippen molar-refractivity contribution in [1.82, 2.24) is 4.90 Å². The van der Waals surface area contributed by atoms with Crippen molar-refractivity contribution < 1.29 is 9.90 Å². The molecule has 2 aromatic carbocycles. The minimum Gasteiger partial charge on any atom is -0.481 e.